The monoisotopic (exact) mass is 541 g/mol. The van der Waals surface area contributed by atoms with Crippen LogP contribution in [0, 0.1) is 22.0 Å². The maximum absolute atomic E-state index is 12.1. The summed E-state index contributed by atoms with van der Waals surface area (Å²) in [6.07, 6.45) is 7.59. The van der Waals surface area contributed by atoms with Crippen LogP contribution in [0.2, 0.25) is 0 Å². The van der Waals surface area contributed by atoms with E-state index in [1.807, 2.05) is 42.5 Å². The van der Waals surface area contributed by atoms with Crippen LogP contribution in [0.1, 0.15) is 62.5 Å². The summed E-state index contributed by atoms with van der Waals surface area (Å²) < 4.78 is 5.31. The van der Waals surface area contributed by atoms with Gasteiger partial charge in [0.1, 0.15) is 12.4 Å². The molecule has 5 atom stereocenters. The lowest BCUT2D eigenvalue weighted by atomic mass is 9.85. The maximum Gasteiger partial charge on any atom is 0.311 e. The van der Waals surface area contributed by atoms with Gasteiger partial charge in [-0.1, -0.05) is 54.6 Å². The van der Waals surface area contributed by atoms with Crippen molar-refractivity contribution in [2.24, 2.45) is 11.8 Å². The number of ether oxygens (including phenoxy) is 1. The Morgan fingerprint density at radius 3 is 2.54 bits per heavy atom. The van der Waals surface area contributed by atoms with Crippen LogP contribution in [0.5, 0.6) is 5.75 Å². The summed E-state index contributed by atoms with van der Waals surface area (Å²) in [5, 5.41) is 40.9. The van der Waals surface area contributed by atoms with Gasteiger partial charge in [-0.2, -0.15) is 0 Å². The van der Waals surface area contributed by atoms with Crippen molar-refractivity contribution in [3.8, 4) is 5.75 Å². The summed E-state index contributed by atoms with van der Waals surface area (Å²) in [6.45, 7) is -0.217. The molecule has 0 saturated heterocycles. The zero-order valence-electron chi connectivity index (χ0n) is 22.1. The lowest BCUT2D eigenvalue weighted by molar-refractivity contribution is -0.763. The average molecular weight is 542 g/mol. The SMILES string of the molecule is O=C(CCCC=CCC1C(O)CC(O)C1CCC(O)CCc1ccccc1)Oc1cccc(CO[N+](=O)[O-])c1. The van der Waals surface area contributed by atoms with E-state index in [1.165, 1.54) is 11.6 Å². The van der Waals surface area contributed by atoms with Gasteiger partial charge in [-0.25, -0.2) is 0 Å². The topological polar surface area (TPSA) is 139 Å². The van der Waals surface area contributed by atoms with Gasteiger partial charge >= 0.3 is 5.97 Å². The standard InChI is InChI=1S/C30H39NO8/c32-24(16-15-22-9-4-3-5-10-22)17-18-27-26(28(33)20-29(27)34)13-6-1-2-7-14-30(35)39-25-12-8-11-23(19-25)21-38-31(36)37/h1,3-6,8-12,19,24,26-29,32-34H,2,7,13-18,20-21H2. The molecule has 39 heavy (non-hydrogen) atoms. The molecule has 0 aliphatic heterocycles. The fourth-order valence-corrected chi connectivity index (χ4v) is 5.16. The van der Waals surface area contributed by atoms with Crippen molar-refractivity contribution in [2.45, 2.75) is 82.7 Å². The highest BCUT2D eigenvalue weighted by Crippen LogP contribution is 2.38. The lowest BCUT2D eigenvalue weighted by Crippen LogP contribution is -2.23. The number of benzene rings is 2. The largest absolute Gasteiger partial charge is 0.427 e. The predicted octanol–water partition coefficient (Wildman–Crippen LogP) is 4.55. The van der Waals surface area contributed by atoms with Crippen LogP contribution in [0.25, 0.3) is 0 Å². The van der Waals surface area contributed by atoms with E-state index >= 15 is 0 Å². The first-order valence-corrected chi connectivity index (χ1v) is 13.6. The second kappa shape index (κ2) is 16.0. The molecule has 1 aliphatic carbocycles. The summed E-state index contributed by atoms with van der Waals surface area (Å²) >= 11 is 0. The van der Waals surface area contributed by atoms with Gasteiger partial charge in [0.15, 0.2) is 0 Å². The maximum atomic E-state index is 12.1. The summed E-state index contributed by atoms with van der Waals surface area (Å²) in [5.74, 6) is -0.201. The quantitative estimate of drug-likeness (QED) is 0.0702. The molecule has 0 bridgehead atoms. The first kappa shape index (κ1) is 30.3. The van der Waals surface area contributed by atoms with Crippen molar-refractivity contribution in [2.75, 3.05) is 0 Å². The molecule has 1 saturated carbocycles. The second-order valence-electron chi connectivity index (χ2n) is 10.2. The molecular formula is C30H39NO8. The van der Waals surface area contributed by atoms with Crippen LogP contribution < -0.4 is 4.74 Å². The molecule has 1 aliphatic rings. The van der Waals surface area contributed by atoms with Crippen LogP contribution in [0.4, 0.5) is 0 Å². The second-order valence-corrected chi connectivity index (χ2v) is 10.2. The Hall–Kier alpha value is -3.27. The Balaban J connectivity index is 1.35. The molecule has 0 spiro atoms. The fraction of sp³-hybridized carbons (Fsp3) is 0.500. The third kappa shape index (κ3) is 10.8. The smallest absolute Gasteiger partial charge is 0.311 e. The first-order chi connectivity index (χ1) is 18.8. The third-order valence-corrected chi connectivity index (χ3v) is 7.26. The number of hydrogen-bond acceptors (Lipinski definition) is 8. The van der Waals surface area contributed by atoms with Gasteiger partial charge in [-0.3, -0.25) is 4.79 Å². The molecule has 5 unspecified atom stereocenters. The molecule has 0 aromatic heterocycles. The number of aliphatic hydroxyl groups is 3. The lowest BCUT2D eigenvalue weighted by Gasteiger charge is -2.23. The van der Waals surface area contributed by atoms with Crippen molar-refractivity contribution >= 4 is 5.97 Å². The van der Waals surface area contributed by atoms with E-state index in [-0.39, 0.29) is 24.9 Å². The van der Waals surface area contributed by atoms with Crippen molar-refractivity contribution in [1.82, 2.24) is 0 Å². The van der Waals surface area contributed by atoms with Crippen LogP contribution in [0.3, 0.4) is 0 Å². The first-order valence-electron chi connectivity index (χ1n) is 13.6. The highest BCUT2D eigenvalue weighted by atomic mass is 16.9. The van der Waals surface area contributed by atoms with Crippen molar-refractivity contribution in [3.05, 3.63) is 88.0 Å². The Morgan fingerprint density at radius 2 is 1.77 bits per heavy atom. The van der Waals surface area contributed by atoms with Gasteiger partial charge in [-0.05, 0) is 86.5 Å². The summed E-state index contributed by atoms with van der Waals surface area (Å²) in [7, 11) is 0. The van der Waals surface area contributed by atoms with E-state index in [0.29, 0.717) is 56.3 Å². The molecule has 3 N–H and O–H groups in total. The Morgan fingerprint density at radius 1 is 1.03 bits per heavy atom. The molecule has 9 nitrogen and oxygen atoms in total. The van der Waals surface area contributed by atoms with Gasteiger partial charge in [0.05, 0.1) is 18.3 Å². The number of carbonyl (C=O) groups excluding carboxylic acids is 1. The van der Waals surface area contributed by atoms with Gasteiger partial charge in [-0.15, -0.1) is 10.1 Å². The predicted molar refractivity (Wildman–Crippen MR) is 145 cm³/mol. The number of aryl methyl sites for hydroxylation is 1. The van der Waals surface area contributed by atoms with Crippen molar-refractivity contribution in [3.63, 3.8) is 0 Å². The van der Waals surface area contributed by atoms with Gasteiger partial charge in [0, 0.05) is 6.42 Å². The normalized spacial score (nSPS) is 21.6. The van der Waals surface area contributed by atoms with Gasteiger partial charge in [0.25, 0.3) is 5.09 Å². The van der Waals surface area contributed by atoms with E-state index in [2.05, 4.69) is 4.84 Å². The molecule has 0 amide bonds. The van der Waals surface area contributed by atoms with E-state index < -0.39 is 29.4 Å². The van der Waals surface area contributed by atoms with Crippen LogP contribution in [-0.2, 0) is 22.7 Å². The van der Waals surface area contributed by atoms with E-state index in [4.69, 9.17) is 4.74 Å². The minimum atomic E-state index is -0.874. The number of carbonyl (C=O) groups is 1. The average Bonchev–Trinajstić information content (AvgIpc) is 3.19. The summed E-state index contributed by atoms with van der Waals surface area (Å²) in [6, 6.07) is 16.5. The number of rotatable bonds is 16. The number of hydrogen-bond donors (Lipinski definition) is 3. The zero-order chi connectivity index (χ0) is 28.0. The number of unbranched alkanes of at least 4 members (excludes halogenated alkanes) is 1. The number of allylic oxidation sites excluding steroid dienone is 2. The molecule has 2 aromatic carbocycles. The zero-order valence-corrected chi connectivity index (χ0v) is 22.1. The number of nitrogens with zero attached hydrogens (tertiary/aromatic N) is 1. The molecular weight excluding hydrogens is 502 g/mol. The van der Waals surface area contributed by atoms with E-state index in [9.17, 15) is 30.2 Å². The Labute approximate surface area is 229 Å². The van der Waals surface area contributed by atoms with E-state index in [0.717, 1.165) is 6.42 Å². The Kier molecular flexibility index (Phi) is 12.4. The Bertz CT molecular complexity index is 1060. The minimum Gasteiger partial charge on any atom is -0.427 e. The van der Waals surface area contributed by atoms with Crippen LogP contribution in [-0.4, -0.2) is 44.7 Å². The van der Waals surface area contributed by atoms with Crippen LogP contribution in [0.15, 0.2) is 66.7 Å². The van der Waals surface area contributed by atoms with Crippen molar-refractivity contribution < 1.29 is 34.8 Å². The minimum absolute atomic E-state index is 0.0579. The third-order valence-electron chi connectivity index (χ3n) is 7.26. The molecule has 3 rings (SSSR count). The molecule has 0 heterocycles. The summed E-state index contributed by atoms with van der Waals surface area (Å²) in [4.78, 5) is 26.8. The molecule has 9 heteroatoms. The van der Waals surface area contributed by atoms with Crippen molar-refractivity contribution in [1.29, 1.82) is 0 Å². The van der Waals surface area contributed by atoms with Gasteiger partial charge < -0.3 is 24.9 Å². The van der Waals surface area contributed by atoms with Gasteiger partial charge in [0.2, 0.25) is 0 Å². The highest BCUT2D eigenvalue weighted by Gasteiger charge is 2.40. The fourth-order valence-electron chi connectivity index (χ4n) is 5.16. The van der Waals surface area contributed by atoms with E-state index in [1.54, 1.807) is 18.2 Å². The number of esters is 1. The summed E-state index contributed by atoms with van der Waals surface area (Å²) in [5.41, 5.74) is 1.72. The van der Waals surface area contributed by atoms with Crippen LogP contribution >= 0.6 is 0 Å². The molecule has 0 radical (unpaired) electrons. The molecule has 212 valence electrons. The molecule has 2 aromatic rings. The highest BCUT2D eigenvalue weighted by molar-refractivity contribution is 5.72. The number of aliphatic hydroxyl groups excluding tert-OH is 3. The molecule has 1 fully saturated rings.